The smallest absolute Gasteiger partial charge is 0.209 e. The van der Waals surface area contributed by atoms with Crippen molar-refractivity contribution >= 4 is 0 Å². The van der Waals surface area contributed by atoms with Gasteiger partial charge in [0, 0.05) is 11.0 Å². The molecular formula is C8H14N2O. The van der Waals surface area contributed by atoms with Crippen molar-refractivity contribution in [1.29, 1.82) is 0 Å². The summed E-state index contributed by atoms with van der Waals surface area (Å²) in [6.07, 6.45) is 0. The number of aromatic hydroxyl groups is 1. The summed E-state index contributed by atoms with van der Waals surface area (Å²) in [6.45, 7) is 8.06. The van der Waals surface area contributed by atoms with Crippen molar-refractivity contribution in [2.45, 2.75) is 33.1 Å². The van der Waals surface area contributed by atoms with Crippen molar-refractivity contribution in [2.75, 3.05) is 0 Å². The first kappa shape index (κ1) is 8.11. The third kappa shape index (κ3) is 1.37. The minimum absolute atomic E-state index is 0.00155. The number of aromatic nitrogens is 2. The molecule has 0 fully saturated rings. The molecule has 0 saturated heterocycles. The second-order valence-corrected chi connectivity index (χ2v) is 3.80. The highest BCUT2D eigenvalue weighted by atomic mass is 16.3. The average molecular weight is 154 g/mol. The highest BCUT2D eigenvalue weighted by Crippen LogP contribution is 2.27. The predicted octanol–water partition coefficient (Wildman–Crippen LogP) is 1.72. The van der Waals surface area contributed by atoms with E-state index in [2.05, 4.69) is 31.0 Å². The van der Waals surface area contributed by atoms with E-state index < -0.39 is 0 Å². The number of aromatic amines is 1. The Kier molecular flexibility index (Phi) is 1.66. The van der Waals surface area contributed by atoms with Gasteiger partial charge in [-0.15, -0.1) is 0 Å². The van der Waals surface area contributed by atoms with Gasteiger partial charge in [-0.25, -0.2) is 5.10 Å². The lowest BCUT2D eigenvalue weighted by atomic mass is 9.90. The Balaban J connectivity index is 3.15. The molecule has 0 bridgehead atoms. The molecule has 0 aliphatic rings. The maximum atomic E-state index is 9.19. The molecule has 0 radical (unpaired) electrons. The summed E-state index contributed by atoms with van der Waals surface area (Å²) in [6, 6.07) is 0. The van der Waals surface area contributed by atoms with E-state index in [-0.39, 0.29) is 11.3 Å². The summed E-state index contributed by atoms with van der Waals surface area (Å²) in [4.78, 5) is 0. The zero-order chi connectivity index (χ0) is 8.65. The Labute approximate surface area is 66.4 Å². The van der Waals surface area contributed by atoms with E-state index in [1.807, 2.05) is 6.92 Å². The first-order valence-electron chi connectivity index (χ1n) is 3.67. The van der Waals surface area contributed by atoms with Crippen LogP contribution in [-0.4, -0.2) is 15.3 Å². The Hall–Kier alpha value is -0.990. The van der Waals surface area contributed by atoms with E-state index in [0.717, 1.165) is 11.3 Å². The van der Waals surface area contributed by atoms with Gasteiger partial charge in [0.2, 0.25) is 5.88 Å². The second-order valence-electron chi connectivity index (χ2n) is 3.80. The lowest BCUT2D eigenvalue weighted by Crippen LogP contribution is -2.13. The zero-order valence-electron chi connectivity index (χ0n) is 7.39. The van der Waals surface area contributed by atoms with Crippen LogP contribution < -0.4 is 0 Å². The molecule has 0 amide bonds. The van der Waals surface area contributed by atoms with Crippen molar-refractivity contribution < 1.29 is 5.11 Å². The number of nitrogens with zero attached hydrogens (tertiary/aromatic N) is 1. The molecule has 2 N–H and O–H groups in total. The SMILES string of the molecule is Cc1c(C(C)(C)C)n[nH]c1O. The molecular weight excluding hydrogens is 140 g/mol. The largest absolute Gasteiger partial charge is 0.493 e. The summed E-state index contributed by atoms with van der Waals surface area (Å²) in [5.74, 6) is 0.176. The Morgan fingerprint density at radius 3 is 2.09 bits per heavy atom. The minimum atomic E-state index is 0.00155. The van der Waals surface area contributed by atoms with Gasteiger partial charge in [-0.3, -0.25) is 0 Å². The van der Waals surface area contributed by atoms with Gasteiger partial charge in [-0.05, 0) is 6.92 Å². The fourth-order valence-corrected chi connectivity index (χ4v) is 1.12. The minimum Gasteiger partial charge on any atom is -0.493 e. The van der Waals surface area contributed by atoms with Gasteiger partial charge in [0.25, 0.3) is 0 Å². The molecule has 62 valence electrons. The van der Waals surface area contributed by atoms with Gasteiger partial charge in [0.15, 0.2) is 0 Å². The van der Waals surface area contributed by atoms with Crippen molar-refractivity contribution in [1.82, 2.24) is 10.2 Å². The summed E-state index contributed by atoms with van der Waals surface area (Å²) >= 11 is 0. The van der Waals surface area contributed by atoms with Crippen molar-refractivity contribution in [2.24, 2.45) is 0 Å². The van der Waals surface area contributed by atoms with Crippen molar-refractivity contribution in [3.63, 3.8) is 0 Å². The van der Waals surface area contributed by atoms with E-state index in [1.54, 1.807) is 0 Å². The number of hydrogen-bond donors (Lipinski definition) is 2. The quantitative estimate of drug-likeness (QED) is 0.597. The third-order valence-corrected chi connectivity index (χ3v) is 1.69. The van der Waals surface area contributed by atoms with E-state index in [4.69, 9.17) is 0 Å². The average Bonchev–Trinajstić information content (AvgIpc) is 2.11. The summed E-state index contributed by atoms with van der Waals surface area (Å²) < 4.78 is 0. The van der Waals surface area contributed by atoms with Crippen LogP contribution in [0.25, 0.3) is 0 Å². The predicted molar refractivity (Wildman–Crippen MR) is 43.7 cm³/mol. The molecule has 1 rings (SSSR count). The first-order chi connectivity index (χ1) is 4.93. The normalized spacial score (nSPS) is 12.0. The van der Waals surface area contributed by atoms with E-state index in [9.17, 15) is 5.11 Å². The zero-order valence-corrected chi connectivity index (χ0v) is 7.39. The lowest BCUT2D eigenvalue weighted by molar-refractivity contribution is 0.448. The molecule has 1 aromatic heterocycles. The monoisotopic (exact) mass is 154 g/mol. The first-order valence-corrected chi connectivity index (χ1v) is 3.67. The van der Waals surface area contributed by atoms with Crippen LogP contribution in [-0.2, 0) is 5.41 Å². The molecule has 1 aromatic rings. The highest BCUT2D eigenvalue weighted by Gasteiger charge is 2.21. The standard InChI is InChI=1S/C8H14N2O/c1-5-6(8(2,3)4)9-10-7(5)11/h1-4H3,(H2,9,10,11). The third-order valence-electron chi connectivity index (χ3n) is 1.69. The van der Waals surface area contributed by atoms with E-state index in [0.29, 0.717) is 0 Å². The summed E-state index contributed by atoms with van der Waals surface area (Å²) in [5, 5.41) is 15.7. The molecule has 0 atom stereocenters. The van der Waals surface area contributed by atoms with E-state index in [1.165, 1.54) is 0 Å². The summed E-state index contributed by atoms with van der Waals surface area (Å²) in [5.41, 5.74) is 1.77. The highest BCUT2D eigenvalue weighted by molar-refractivity contribution is 5.31. The van der Waals surface area contributed by atoms with Crippen LogP contribution in [0.15, 0.2) is 0 Å². The molecule has 0 aliphatic heterocycles. The topological polar surface area (TPSA) is 48.9 Å². The fraction of sp³-hybridized carbons (Fsp3) is 0.625. The van der Waals surface area contributed by atoms with Crippen LogP contribution in [0.2, 0.25) is 0 Å². The maximum absolute atomic E-state index is 9.19. The van der Waals surface area contributed by atoms with Gasteiger partial charge in [-0.2, -0.15) is 5.10 Å². The maximum Gasteiger partial charge on any atom is 0.209 e. The molecule has 0 aromatic carbocycles. The molecule has 1 heterocycles. The molecule has 0 unspecified atom stereocenters. The van der Waals surface area contributed by atoms with Crippen molar-refractivity contribution in [3.05, 3.63) is 11.3 Å². The lowest BCUT2D eigenvalue weighted by Gasteiger charge is -2.15. The van der Waals surface area contributed by atoms with E-state index >= 15 is 0 Å². The van der Waals surface area contributed by atoms with Gasteiger partial charge in [0.1, 0.15) is 0 Å². The number of hydrogen-bond acceptors (Lipinski definition) is 2. The summed E-state index contributed by atoms with van der Waals surface area (Å²) in [7, 11) is 0. The second kappa shape index (κ2) is 2.26. The van der Waals surface area contributed by atoms with Crippen LogP contribution in [0.1, 0.15) is 32.0 Å². The molecule has 0 spiro atoms. The fourth-order valence-electron chi connectivity index (χ4n) is 1.12. The molecule has 3 nitrogen and oxygen atoms in total. The number of nitrogens with one attached hydrogen (secondary N) is 1. The van der Waals surface area contributed by atoms with Crippen LogP contribution in [0.3, 0.4) is 0 Å². The van der Waals surface area contributed by atoms with Gasteiger partial charge < -0.3 is 5.11 Å². The van der Waals surface area contributed by atoms with Crippen LogP contribution in [0, 0.1) is 6.92 Å². The molecule has 0 saturated carbocycles. The number of H-pyrrole nitrogens is 1. The van der Waals surface area contributed by atoms with Crippen LogP contribution in [0.4, 0.5) is 0 Å². The Morgan fingerprint density at radius 1 is 1.36 bits per heavy atom. The van der Waals surface area contributed by atoms with Gasteiger partial charge in [-0.1, -0.05) is 20.8 Å². The van der Waals surface area contributed by atoms with Gasteiger partial charge >= 0.3 is 0 Å². The van der Waals surface area contributed by atoms with Crippen LogP contribution >= 0.6 is 0 Å². The van der Waals surface area contributed by atoms with Gasteiger partial charge in [0.05, 0.1) is 5.69 Å². The molecule has 0 aliphatic carbocycles. The van der Waals surface area contributed by atoms with Crippen LogP contribution in [0.5, 0.6) is 5.88 Å². The molecule has 11 heavy (non-hydrogen) atoms. The van der Waals surface area contributed by atoms with Crippen molar-refractivity contribution in [3.8, 4) is 5.88 Å². The number of rotatable bonds is 0. The molecule has 3 heteroatoms. The Morgan fingerprint density at radius 2 is 1.91 bits per heavy atom. The Bertz CT molecular complexity index is 258.